The number of H-pyrrole nitrogens is 1. The summed E-state index contributed by atoms with van der Waals surface area (Å²) in [5.41, 5.74) is 6.07. The van der Waals surface area contributed by atoms with Crippen LogP contribution in [0.4, 0.5) is 0 Å². The molecule has 0 fully saturated rings. The summed E-state index contributed by atoms with van der Waals surface area (Å²) in [7, 11) is 0. The highest BCUT2D eigenvalue weighted by Gasteiger charge is 2.14. The smallest absolute Gasteiger partial charge is 0.256 e. The summed E-state index contributed by atoms with van der Waals surface area (Å²) >= 11 is 0. The molecule has 1 unspecified atom stereocenters. The number of hydrogen-bond acceptors (Lipinski definition) is 3. The first-order valence-corrected chi connectivity index (χ1v) is 5.78. The third-order valence-corrected chi connectivity index (χ3v) is 2.65. The lowest BCUT2D eigenvalue weighted by molar-refractivity contribution is 0.0933. The Bertz CT molecular complexity index is 440. The Morgan fingerprint density at radius 3 is 2.82 bits per heavy atom. The fourth-order valence-corrected chi connectivity index (χ4v) is 1.59. The van der Waals surface area contributed by atoms with Crippen LogP contribution in [0.1, 0.15) is 35.8 Å². The molecule has 5 nitrogen and oxygen atoms in total. The van der Waals surface area contributed by atoms with E-state index in [1.807, 2.05) is 6.92 Å². The van der Waals surface area contributed by atoms with Gasteiger partial charge in [-0.15, -0.1) is 0 Å². The minimum atomic E-state index is -0.341. The van der Waals surface area contributed by atoms with Gasteiger partial charge in [0, 0.05) is 24.0 Å². The zero-order chi connectivity index (χ0) is 12.8. The van der Waals surface area contributed by atoms with E-state index in [0.717, 1.165) is 12.1 Å². The van der Waals surface area contributed by atoms with E-state index >= 15 is 0 Å². The molecule has 0 saturated heterocycles. The van der Waals surface area contributed by atoms with E-state index in [4.69, 9.17) is 5.73 Å². The molecule has 1 aromatic rings. The average molecular weight is 237 g/mol. The van der Waals surface area contributed by atoms with Crippen molar-refractivity contribution < 1.29 is 4.79 Å². The molecule has 1 heterocycles. The van der Waals surface area contributed by atoms with E-state index in [2.05, 4.69) is 10.3 Å². The summed E-state index contributed by atoms with van der Waals surface area (Å²) < 4.78 is 0. The summed E-state index contributed by atoms with van der Waals surface area (Å²) in [5, 5.41) is 2.81. The van der Waals surface area contributed by atoms with Crippen molar-refractivity contribution in [3.8, 4) is 0 Å². The zero-order valence-electron chi connectivity index (χ0n) is 10.2. The Labute approximate surface area is 100 Å². The number of nitrogens with one attached hydrogen (secondary N) is 2. The van der Waals surface area contributed by atoms with Crippen molar-refractivity contribution >= 4 is 5.91 Å². The Hall–Kier alpha value is -1.62. The maximum absolute atomic E-state index is 11.8. The number of aryl methyl sites for hydroxylation is 1. The minimum absolute atomic E-state index is 0.0215. The molecule has 5 heteroatoms. The van der Waals surface area contributed by atoms with E-state index in [1.165, 1.54) is 12.3 Å². The van der Waals surface area contributed by atoms with Crippen LogP contribution in [0.25, 0.3) is 0 Å². The number of pyridine rings is 1. The van der Waals surface area contributed by atoms with Gasteiger partial charge in [0.25, 0.3) is 5.91 Å². The van der Waals surface area contributed by atoms with Crippen LogP contribution in [0.3, 0.4) is 0 Å². The number of rotatable bonds is 5. The highest BCUT2D eigenvalue weighted by atomic mass is 16.2. The summed E-state index contributed by atoms with van der Waals surface area (Å²) in [6.07, 6.45) is 2.96. The molecule has 1 atom stereocenters. The fourth-order valence-electron chi connectivity index (χ4n) is 1.59. The van der Waals surface area contributed by atoms with E-state index in [9.17, 15) is 9.59 Å². The van der Waals surface area contributed by atoms with Crippen LogP contribution >= 0.6 is 0 Å². The first kappa shape index (κ1) is 13.4. The molecule has 4 N–H and O–H groups in total. The molecule has 0 spiro atoms. The predicted molar refractivity (Wildman–Crippen MR) is 67.0 cm³/mol. The molecule has 94 valence electrons. The molecule has 0 aliphatic heterocycles. The summed E-state index contributed by atoms with van der Waals surface area (Å²) in [6.45, 7) is 4.26. The van der Waals surface area contributed by atoms with Gasteiger partial charge < -0.3 is 16.0 Å². The molecular formula is C12H19N3O2. The van der Waals surface area contributed by atoms with Gasteiger partial charge in [-0.2, -0.15) is 0 Å². The Kier molecular flexibility index (Phi) is 4.90. The summed E-state index contributed by atoms with van der Waals surface area (Å²) in [6, 6.07) is 1.44. The van der Waals surface area contributed by atoms with Crippen LogP contribution in [-0.2, 0) is 0 Å². The number of amides is 1. The van der Waals surface area contributed by atoms with Gasteiger partial charge in [-0.25, -0.2) is 0 Å². The lowest BCUT2D eigenvalue weighted by Gasteiger charge is -2.15. The second kappa shape index (κ2) is 6.20. The van der Waals surface area contributed by atoms with Gasteiger partial charge in [0.05, 0.1) is 0 Å². The monoisotopic (exact) mass is 237 g/mol. The van der Waals surface area contributed by atoms with Crippen LogP contribution in [-0.4, -0.2) is 23.5 Å². The second-order valence-corrected chi connectivity index (χ2v) is 4.05. The van der Waals surface area contributed by atoms with Gasteiger partial charge in [0.2, 0.25) is 0 Å². The highest BCUT2D eigenvalue weighted by Crippen LogP contribution is 1.99. The van der Waals surface area contributed by atoms with Gasteiger partial charge in [-0.3, -0.25) is 9.59 Å². The normalized spacial score (nSPS) is 12.2. The average Bonchev–Trinajstić information content (AvgIpc) is 2.28. The van der Waals surface area contributed by atoms with Crippen molar-refractivity contribution in [1.82, 2.24) is 10.3 Å². The van der Waals surface area contributed by atoms with E-state index in [1.54, 1.807) is 6.92 Å². The van der Waals surface area contributed by atoms with E-state index in [-0.39, 0.29) is 22.9 Å². The Balaban J connectivity index is 2.79. The molecular weight excluding hydrogens is 218 g/mol. The van der Waals surface area contributed by atoms with Gasteiger partial charge in [0.1, 0.15) is 5.56 Å². The second-order valence-electron chi connectivity index (χ2n) is 4.05. The van der Waals surface area contributed by atoms with Crippen molar-refractivity contribution in [2.24, 2.45) is 5.73 Å². The third kappa shape index (κ3) is 3.71. The van der Waals surface area contributed by atoms with Gasteiger partial charge in [-0.05, 0) is 26.3 Å². The van der Waals surface area contributed by atoms with E-state index < -0.39 is 0 Å². The minimum Gasteiger partial charge on any atom is -0.364 e. The summed E-state index contributed by atoms with van der Waals surface area (Å²) in [5.74, 6) is -0.341. The quantitative estimate of drug-likeness (QED) is 0.698. The lowest BCUT2D eigenvalue weighted by Crippen LogP contribution is -2.38. The van der Waals surface area contributed by atoms with Crippen molar-refractivity contribution in [3.63, 3.8) is 0 Å². The standard InChI is InChI=1S/C12H19N3O2/c1-3-9(4-5-13)15-12(17)10-7-14-8(2)6-11(10)16/h6-7,9H,3-5,13H2,1-2H3,(H,14,16)(H,15,17). The zero-order valence-corrected chi connectivity index (χ0v) is 10.2. The predicted octanol–water partition coefficient (Wildman–Crippen LogP) is 0.541. The first-order valence-electron chi connectivity index (χ1n) is 5.78. The van der Waals surface area contributed by atoms with Gasteiger partial charge in [-0.1, -0.05) is 6.92 Å². The molecule has 1 aromatic heterocycles. The maximum atomic E-state index is 11.8. The highest BCUT2D eigenvalue weighted by molar-refractivity contribution is 5.93. The SMILES string of the molecule is CCC(CCN)NC(=O)c1c[nH]c(C)cc1=O. The molecule has 1 rings (SSSR count). The molecule has 0 radical (unpaired) electrons. The number of aromatic nitrogens is 1. The van der Waals surface area contributed by atoms with Crippen LogP contribution in [0.2, 0.25) is 0 Å². The third-order valence-electron chi connectivity index (χ3n) is 2.65. The van der Waals surface area contributed by atoms with Crippen LogP contribution in [0, 0.1) is 6.92 Å². The number of aromatic amines is 1. The van der Waals surface area contributed by atoms with Gasteiger partial charge >= 0.3 is 0 Å². The van der Waals surface area contributed by atoms with Crippen LogP contribution in [0.5, 0.6) is 0 Å². The summed E-state index contributed by atoms with van der Waals surface area (Å²) in [4.78, 5) is 26.3. The number of carbonyl (C=O) groups is 1. The molecule has 0 saturated carbocycles. The van der Waals surface area contributed by atoms with Crippen molar-refractivity contribution in [2.75, 3.05) is 6.54 Å². The first-order chi connectivity index (χ1) is 8.08. The molecule has 0 bridgehead atoms. The Morgan fingerprint density at radius 1 is 1.59 bits per heavy atom. The molecule has 0 aliphatic rings. The van der Waals surface area contributed by atoms with Crippen LogP contribution < -0.4 is 16.5 Å². The van der Waals surface area contributed by atoms with Crippen molar-refractivity contribution in [3.05, 3.63) is 33.7 Å². The molecule has 17 heavy (non-hydrogen) atoms. The molecule has 0 aromatic carbocycles. The fraction of sp³-hybridized carbons (Fsp3) is 0.500. The molecule has 0 aliphatic carbocycles. The van der Waals surface area contributed by atoms with Gasteiger partial charge in [0.15, 0.2) is 5.43 Å². The van der Waals surface area contributed by atoms with Crippen molar-refractivity contribution in [2.45, 2.75) is 32.7 Å². The van der Waals surface area contributed by atoms with Crippen LogP contribution in [0.15, 0.2) is 17.1 Å². The number of nitrogens with two attached hydrogens (primary N) is 1. The van der Waals surface area contributed by atoms with E-state index in [0.29, 0.717) is 13.0 Å². The number of hydrogen-bond donors (Lipinski definition) is 3. The molecule has 1 amide bonds. The largest absolute Gasteiger partial charge is 0.364 e. The topological polar surface area (TPSA) is 88.0 Å². The number of carbonyl (C=O) groups excluding carboxylic acids is 1. The van der Waals surface area contributed by atoms with Crippen molar-refractivity contribution in [1.29, 1.82) is 0 Å². The lowest BCUT2D eigenvalue weighted by atomic mass is 10.1. The Morgan fingerprint density at radius 2 is 2.29 bits per heavy atom. The maximum Gasteiger partial charge on any atom is 0.256 e.